The molecule has 31 heavy (non-hydrogen) atoms. The largest absolute Gasteiger partial charge is 0.455 e. The average Bonchev–Trinajstić information content (AvgIpc) is 3.52. The van der Waals surface area contributed by atoms with E-state index in [1.165, 1.54) is 63.9 Å². The maximum absolute atomic E-state index is 6.37. The van der Waals surface area contributed by atoms with Crippen LogP contribution in [0.4, 0.5) is 5.69 Å². The zero-order chi connectivity index (χ0) is 20.5. The summed E-state index contributed by atoms with van der Waals surface area (Å²) in [5.74, 6) is 0.689. The molecule has 1 fully saturated rings. The summed E-state index contributed by atoms with van der Waals surface area (Å²) in [6.07, 6.45) is 5.32. The highest BCUT2D eigenvalue weighted by molar-refractivity contribution is 6.30. The van der Waals surface area contributed by atoms with Crippen LogP contribution in [0.25, 0.3) is 32.7 Å². The fraction of sp³-hybridized carbons (Fsp3) is 0.207. The fourth-order valence-electron chi connectivity index (χ4n) is 5.83. The van der Waals surface area contributed by atoms with Crippen molar-refractivity contribution in [2.75, 3.05) is 0 Å². The van der Waals surface area contributed by atoms with Crippen LogP contribution in [0.15, 0.2) is 76.1 Å². The van der Waals surface area contributed by atoms with E-state index in [-0.39, 0.29) is 0 Å². The summed E-state index contributed by atoms with van der Waals surface area (Å²) in [4.78, 5) is 5.15. The fourth-order valence-corrected chi connectivity index (χ4v) is 5.83. The molecule has 0 radical (unpaired) electrons. The normalized spacial score (nSPS) is 16.1. The van der Waals surface area contributed by atoms with Crippen molar-refractivity contribution in [1.29, 1.82) is 0 Å². The molecule has 1 aliphatic carbocycles. The van der Waals surface area contributed by atoms with Gasteiger partial charge in [0.1, 0.15) is 11.2 Å². The Hall–Kier alpha value is -3.39. The van der Waals surface area contributed by atoms with E-state index in [4.69, 9.17) is 9.41 Å². The maximum Gasteiger partial charge on any atom is 0.144 e. The number of hydrogen-bond donors (Lipinski definition) is 0. The monoisotopic (exact) mass is 401 g/mol. The third-order valence-electron chi connectivity index (χ3n) is 7.21. The van der Waals surface area contributed by atoms with Gasteiger partial charge in [-0.05, 0) is 66.5 Å². The van der Waals surface area contributed by atoms with Crippen LogP contribution in [0, 0.1) is 6.92 Å². The highest BCUT2D eigenvalue weighted by Crippen LogP contribution is 2.45. The lowest BCUT2D eigenvalue weighted by atomic mass is 9.89. The number of aryl methyl sites for hydroxylation is 1. The topological polar surface area (TPSA) is 25.5 Å². The molecule has 0 atom stereocenters. The third kappa shape index (κ3) is 2.42. The average molecular weight is 402 g/mol. The zero-order valence-corrected chi connectivity index (χ0v) is 17.6. The van der Waals surface area contributed by atoms with E-state index >= 15 is 0 Å². The number of rotatable bonds is 2. The molecular weight excluding hydrogens is 378 g/mol. The second-order valence-electron chi connectivity index (χ2n) is 9.13. The van der Waals surface area contributed by atoms with Crippen LogP contribution >= 0.6 is 0 Å². The van der Waals surface area contributed by atoms with Gasteiger partial charge < -0.3 is 4.42 Å². The molecule has 7 rings (SSSR count). The van der Waals surface area contributed by atoms with Crippen molar-refractivity contribution < 1.29 is 4.42 Å². The maximum atomic E-state index is 6.37. The van der Waals surface area contributed by atoms with E-state index in [1.54, 1.807) is 0 Å². The summed E-state index contributed by atoms with van der Waals surface area (Å²) in [5, 5.41) is 5.03. The second kappa shape index (κ2) is 6.31. The van der Waals surface area contributed by atoms with Crippen molar-refractivity contribution >= 4 is 44.1 Å². The van der Waals surface area contributed by atoms with Crippen molar-refractivity contribution in [3.8, 4) is 0 Å². The number of furan rings is 1. The van der Waals surface area contributed by atoms with Gasteiger partial charge in [-0.25, -0.2) is 4.99 Å². The Labute approximate surface area is 181 Å². The summed E-state index contributed by atoms with van der Waals surface area (Å²) < 4.78 is 6.37. The summed E-state index contributed by atoms with van der Waals surface area (Å²) in [5.41, 5.74) is 9.06. The van der Waals surface area contributed by atoms with Gasteiger partial charge in [-0.1, -0.05) is 55.3 Å². The number of para-hydroxylation sites is 1. The van der Waals surface area contributed by atoms with Crippen LogP contribution < -0.4 is 0 Å². The van der Waals surface area contributed by atoms with Crippen LogP contribution in [0.3, 0.4) is 0 Å². The first-order chi connectivity index (χ1) is 15.3. The Balaban J connectivity index is 1.49. The molecular formula is C29H23NO. The van der Waals surface area contributed by atoms with E-state index in [0.717, 1.165) is 28.1 Å². The third-order valence-corrected chi connectivity index (χ3v) is 7.21. The zero-order valence-electron chi connectivity index (χ0n) is 17.6. The standard InChI is InChI=1S/C29H23NO/c1-17-15-23-20-9-4-5-12-26(20)31-29(23)24(16-17)28-22-11-6-10-21-19(18-7-2-3-8-18)13-14-25(30-28)27(21)22/h4-6,9-16,18H,2-3,7-8H2,1H3. The molecule has 0 saturated heterocycles. The molecule has 2 aliphatic rings. The van der Waals surface area contributed by atoms with Gasteiger partial charge in [-0.3, -0.25) is 0 Å². The van der Waals surface area contributed by atoms with Gasteiger partial charge in [0.15, 0.2) is 0 Å². The van der Waals surface area contributed by atoms with Crippen molar-refractivity contribution in [2.24, 2.45) is 4.99 Å². The molecule has 4 aromatic carbocycles. The number of benzene rings is 4. The highest BCUT2D eigenvalue weighted by Gasteiger charge is 2.26. The number of fused-ring (bicyclic) bond motifs is 3. The molecule has 1 aromatic heterocycles. The van der Waals surface area contributed by atoms with E-state index in [9.17, 15) is 0 Å². The van der Waals surface area contributed by atoms with E-state index < -0.39 is 0 Å². The molecule has 0 N–H and O–H groups in total. The molecule has 0 bridgehead atoms. The van der Waals surface area contributed by atoms with Crippen LogP contribution in [-0.2, 0) is 0 Å². The first-order valence-corrected chi connectivity index (χ1v) is 11.3. The number of nitrogens with zero attached hydrogens (tertiary/aromatic N) is 1. The van der Waals surface area contributed by atoms with Crippen molar-refractivity contribution in [3.05, 3.63) is 89.0 Å². The van der Waals surface area contributed by atoms with Gasteiger partial charge in [0.05, 0.1) is 11.4 Å². The minimum absolute atomic E-state index is 0.689. The molecule has 150 valence electrons. The van der Waals surface area contributed by atoms with Crippen LogP contribution in [0.2, 0.25) is 0 Å². The molecule has 0 unspecified atom stereocenters. The summed E-state index contributed by atoms with van der Waals surface area (Å²) >= 11 is 0. The molecule has 2 heterocycles. The molecule has 1 aliphatic heterocycles. The molecule has 1 saturated carbocycles. The Bertz CT molecular complexity index is 1550. The van der Waals surface area contributed by atoms with Crippen LogP contribution in [0.5, 0.6) is 0 Å². The molecule has 0 spiro atoms. The Morgan fingerprint density at radius 1 is 0.806 bits per heavy atom. The van der Waals surface area contributed by atoms with E-state index in [2.05, 4.69) is 61.5 Å². The predicted molar refractivity (Wildman–Crippen MR) is 129 cm³/mol. The molecule has 2 heteroatoms. The van der Waals surface area contributed by atoms with Gasteiger partial charge in [-0.2, -0.15) is 0 Å². The summed E-state index contributed by atoms with van der Waals surface area (Å²) in [7, 11) is 0. The Kier molecular flexibility index (Phi) is 3.52. The van der Waals surface area contributed by atoms with Gasteiger partial charge in [0.25, 0.3) is 0 Å². The SMILES string of the molecule is Cc1cc(C2=Nc3ccc(C4CCCC4)c4cccc2c34)c2oc3ccccc3c2c1. The Morgan fingerprint density at radius 3 is 2.55 bits per heavy atom. The molecule has 0 amide bonds. The van der Waals surface area contributed by atoms with Crippen molar-refractivity contribution in [3.63, 3.8) is 0 Å². The van der Waals surface area contributed by atoms with Crippen LogP contribution in [-0.4, -0.2) is 5.71 Å². The van der Waals surface area contributed by atoms with Gasteiger partial charge in [-0.15, -0.1) is 0 Å². The van der Waals surface area contributed by atoms with Gasteiger partial charge >= 0.3 is 0 Å². The van der Waals surface area contributed by atoms with E-state index in [0.29, 0.717) is 5.92 Å². The molecule has 5 aromatic rings. The smallest absolute Gasteiger partial charge is 0.144 e. The van der Waals surface area contributed by atoms with Crippen molar-refractivity contribution in [1.82, 2.24) is 0 Å². The first kappa shape index (κ1) is 17.3. The van der Waals surface area contributed by atoms with Gasteiger partial charge in [0.2, 0.25) is 0 Å². The first-order valence-electron chi connectivity index (χ1n) is 11.3. The minimum Gasteiger partial charge on any atom is -0.455 e. The molecule has 2 nitrogen and oxygen atoms in total. The lowest BCUT2D eigenvalue weighted by molar-refractivity contribution is 0.668. The van der Waals surface area contributed by atoms with E-state index in [1.807, 2.05) is 12.1 Å². The Morgan fingerprint density at radius 2 is 1.65 bits per heavy atom. The number of aliphatic imine (C=N–C) groups is 1. The van der Waals surface area contributed by atoms with Crippen LogP contribution in [0.1, 0.15) is 53.9 Å². The lowest BCUT2D eigenvalue weighted by Gasteiger charge is -2.14. The summed E-state index contributed by atoms with van der Waals surface area (Å²) in [6, 6.07) is 24.0. The van der Waals surface area contributed by atoms with Crippen molar-refractivity contribution in [2.45, 2.75) is 38.5 Å². The second-order valence-corrected chi connectivity index (χ2v) is 9.13. The highest BCUT2D eigenvalue weighted by atomic mass is 16.3. The van der Waals surface area contributed by atoms with Gasteiger partial charge in [0, 0.05) is 27.3 Å². The number of hydrogen-bond acceptors (Lipinski definition) is 2. The quantitative estimate of drug-likeness (QED) is 0.287. The lowest BCUT2D eigenvalue weighted by Crippen LogP contribution is -2.02. The predicted octanol–water partition coefficient (Wildman–Crippen LogP) is 8.19. The minimum atomic E-state index is 0.689. The summed E-state index contributed by atoms with van der Waals surface area (Å²) in [6.45, 7) is 2.16.